The average molecular weight is 303 g/mol. The Kier molecular flexibility index (Phi) is 3.30. The molecule has 0 saturated heterocycles. The number of oxazole rings is 1. The minimum Gasteiger partial charge on any atom is -0.408 e. The predicted molar refractivity (Wildman–Crippen MR) is 77.0 cm³/mol. The van der Waals surface area contributed by atoms with Crippen LogP contribution in [-0.2, 0) is 16.6 Å². The molecule has 1 aliphatic rings. The second-order valence-corrected chi connectivity index (χ2v) is 4.81. The topological polar surface area (TPSA) is 105 Å². The number of β-amino-alcohol motifs (C(OH)–C–C–N with tert-alkyl or cyclic N) is 1. The van der Waals surface area contributed by atoms with E-state index >= 15 is 0 Å². The molecule has 8 heteroatoms. The summed E-state index contributed by atoms with van der Waals surface area (Å²) in [6.45, 7) is -0.337. The van der Waals surface area contributed by atoms with E-state index in [0.29, 0.717) is 16.8 Å². The van der Waals surface area contributed by atoms with Crippen molar-refractivity contribution in [2.45, 2.75) is 0 Å². The van der Waals surface area contributed by atoms with Gasteiger partial charge in [-0.15, -0.1) is 0 Å². The predicted octanol–water partition coefficient (Wildman–Crippen LogP) is -0.212. The minimum atomic E-state index is -0.500. The summed E-state index contributed by atoms with van der Waals surface area (Å²) >= 11 is 0. The van der Waals surface area contributed by atoms with Crippen molar-refractivity contribution in [3.63, 3.8) is 0 Å². The number of anilines is 1. The zero-order chi connectivity index (χ0) is 15.9. The number of aliphatic hydroxyl groups is 1. The highest BCUT2D eigenvalue weighted by atomic mass is 16.4. The summed E-state index contributed by atoms with van der Waals surface area (Å²) in [5.41, 5.74) is 1.66. The Hall–Kier alpha value is -2.87. The zero-order valence-electron chi connectivity index (χ0n) is 11.7. The van der Waals surface area contributed by atoms with Crippen molar-refractivity contribution in [2.24, 2.45) is 7.05 Å². The van der Waals surface area contributed by atoms with Crippen LogP contribution in [-0.4, -0.2) is 39.5 Å². The summed E-state index contributed by atoms with van der Waals surface area (Å²) in [7, 11) is 1.57. The molecule has 1 aromatic carbocycles. The number of hydrogen-bond donors (Lipinski definition) is 2. The molecule has 0 spiro atoms. The molecule has 22 heavy (non-hydrogen) atoms. The van der Waals surface area contributed by atoms with Gasteiger partial charge in [-0.3, -0.25) is 19.1 Å². The molecule has 0 unspecified atom stereocenters. The van der Waals surface area contributed by atoms with E-state index in [1.807, 2.05) is 0 Å². The minimum absolute atomic E-state index is 0.0470. The third kappa shape index (κ3) is 2.19. The smallest absolute Gasteiger partial charge is 0.408 e. The second kappa shape index (κ2) is 5.15. The summed E-state index contributed by atoms with van der Waals surface area (Å²) in [5.74, 6) is -1.45. The summed E-state index contributed by atoms with van der Waals surface area (Å²) in [5, 5.41) is 11.7. The fourth-order valence-corrected chi connectivity index (χ4v) is 2.27. The van der Waals surface area contributed by atoms with Gasteiger partial charge in [-0.2, -0.15) is 0 Å². The van der Waals surface area contributed by atoms with Gasteiger partial charge in [0.1, 0.15) is 5.70 Å². The Bertz CT molecular complexity index is 861. The van der Waals surface area contributed by atoms with Gasteiger partial charge in [0, 0.05) is 18.8 Å². The molecule has 1 aromatic heterocycles. The highest BCUT2D eigenvalue weighted by Crippen LogP contribution is 2.21. The van der Waals surface area contributed by atoms with Crippen molar-refractivity contribution < 1.29 is 19.1 Å². The van der Waals surface area contributed by atoms with E-state index in [0.717, 1.165) is 4.90 Å². The van der Waals surface area contributed by atoms with Crippen LogP contribution in [0.5, 0.6) is 0 Å². The van der Waals surface area contributed by atoms with Gasteiger partial charge in [-0.25, -0.2) is 4.79 Å². The second-order valence-electron chi connectivity index (χ2n) is 4.81. The van der Waals surface area contributed by atoms with Gasteiger partial charge in [0.2, 0.25) is 0 Å². The Morgan fingerprint density at radius 3 is 2.77 bits per heavy atom. The normalized spacial score (nSPS) is 14.8. The number of amides is 2. The number of fused-ring (bicyclic) bond motifs is 1. The third-order valence-corrected chi connectivity index (χ3v) is 3.40. The number of carbonyl (C=O) groups is 2. The van der Waals surface area contributed by atoms with Crippen molar-refractivity contribution in [3.8, 4) is 0 Å². The summed E-state index contributed by atoms with van der Waals surface area (Å²) in [6.07, 6.45) is 1.18. The van der Waals surface area contributed by atoms with E-state index in [-0.39, 0.29) is 18.8 Å². The highest BCUT2D eigenvalue weighted by molar-refractivity contribution is 6.17. The van der Waals surface area contributed by atoms with Gasteiger partial charge < -0.3 is 14.8 Å². The molecule has 0 saturated carbocycles. The molecule has 1 aliphatic heterocycles. The molecule has 0 atom stereocenters. The Morgan fingerprint density at radius 2 is 2.05 bits per heavy atom. The quantitative estimate of drug-likeness (QED) is 0.757. The molecular formula is C14H13N3O5. The average Bonchev–Trinajstić information content (AvgIpc) is 2.91. The Morgan fingerprint density at radius 1 is 1.27 bits per heavy atom. The SMILES string of the molecule is Cn1c(=O)oc2ccc(NC3=CC(=O)N(CCO)C3=O)cc21. The van der Waals surface area contributed by atoms with E-state index in [4.69, 9.17) is 9.52 Å². The molecule has 2 amide bonds. The van der Waals surface area contributed by atoms with Gasteiger partial charge in [-0.05, 0) is 18.2 Å². The first-order valence-corrected chi connectivity index (χ1v) is 6.56. The number of imide groups is 1. The van der Waals surface area contributed by atoms with Crippen LogP contribution >= 0.6 is 0 Å². The van der Waals surface area contributed by atoms with Crippen molar-refractivity contribution in [3.05, 3.63) is 40.5 Å². The van der Waals surface area contributed by atoms with Crippen LogP contribution < -0.4 is 11.1 Å². The number of nitrogens with one attached hydrogen (secondary N) is 1. The maximum absolute atomic E-state index is 12.0. The number of nitrogens with zero attached hydrogens (tertiary/aromatic N) is 2. The first kappa shape index (κ1) is 14.1. The third-order valence-electron chi connectivity index (χ3n) is 3.40. The summed E-state index contributed by atoms with van der Waals surface area (Å²) in [6, 6.07) is 4.89. The molecule has 2 heterocycles. The lowest BCUT2D eigenvalue weighted by Gasteiger charge is -2.13. The first-order chi connectivity index (χ1) is 10.5. The highest BCUT2D eigenvalue weighted by Gasteiger charge is 2.30. The molecule has 0 aliphatic carbocycles. The van der Waals surface area contributed by atoms with E-state index in [1.54, 1.807) is 25.2 Å². The fraction of sp³-hybridized carbons (Fsp3) is 0.214. The molecule has 0 bridgehead atoms. The van der Waals surface area contributed by atoms with E-state index in [9.17, 15) is 14.4 Å². The van der Waals surface area contributed by atoms with Crippen LogP contribution in [0, 0.1) is 0 Å². The van der Waals surface area contributed by atoms with Gasteiger partial charge in [-0.1, -0.05) is 0 Å². The molecule has 2 N–H and O–H groups in total. The molecule has 3 rings (SSSR count). The van der Waals surface area contributed by atoms with Gasteiger partial charge in [0.25, 0.3) is 11.8 Å². The van der Waals surface area contributed by atoms with Crippen LogP contribution in [0.3, 0.4) is 0 Å². The number of hydrogen-bond acceptors (Lipinski definition) is 6. The van der Waals surface area contributed by atoms with Crippen LogP contribution in [0.1, 0.15) is 0 Å². The molecule has 2 aromatic rings. The standard InChI is InChI=1S/C14H13N3O5/c1-16-10-6-8(2-3-11(10)22-14(16)21)15-9-7-12(19)17(4-5-18)13(9)20/h2-3,6-7,15,18H,4-5H2,1H3. The van der Waals surface area contributed by atoms with Crippen LogP contribution in [0.2, 0.25) is 0 Å². The first-order valence-electron chi connectivity index (χ1n) is 6.56. The lowest BCUT2D eigenvalue weighted by Crippen LogP contribution is -2.34. The largest absolute Gasteiger partial charge is 0.419 e. The summed E-state index contributed by atoms with van der Waals surface area (Å²) in [4.78, 5) is 36.1. The molecule has 0 radical (unpaired) electrons. The lowest BCUT2D eigenvalue weighted by molar-refractivity contribution is -0.137. The number of benzene rings is 1. The summed E-state index contributed by atoms with van der Waals surface area (Å²) < 4.78 is 6.36. The zero-order valence-corrected chi connectivity index (χ0v) is 11.7. The van der Waals surface area contributed by atoms with Crippen LogP contribution in [0.25, 0.3) is 11.1 Å². The number of aromatic nitrogens is 1. The van der Waals surface area contributed by atoms with Crippen molar-refractivity contribution in [1.29, 1.82) is 0 Å². The van der Waals surface area contributed by atoms with Crippen molar-refractivity contribution >= 4 is 28.6 Å². The van der Waals surface area contributed by atoms with E-state index < -0.39 is 17.6 Å². The molecular weight excluding hydrogens is 290 g/mol. The van der Waals surface area contributed by atoms with Gasteiger partial charge >= 0.3 is 5.76 Å². The number of carbonyl (C=O) groups excluding carboxylic acids is 2. The van der Waals surface area contributed by atoms with Gasteiger partial charge in [0.15, 0.2) is 5.58 Å². The van der Waals surface area contributed by atoms with Crippen LogP contribution in [0.4, 0.5) is 5.69 Å². The Balaban J connectivity index is 1.89. The number of aliphatic hydroxyl groups excluding tert-OH is 1. The number of aryl methyl sites for hydroxylation is 1. The maximum Gasteiger partial charge on any atom is 0.419 e. The number of rotatable bonds is 4. The monoisotopic (exact) mass is 303 g/mol. The van der Waals surface area contributed by atoms with Crippen LogP contribution in [0.15, 0.2) is 39.2 Å². The van der Waals surface area contributed by atoms with E-state index in [1.165, 1.54) is 10.6 Å². The van der Waals surface area contributed by atoms with E-state index in [2.05, 4.69) is 5.32 Å². The lowest BCUT2D eigenvalue weighted by atomic mass is 10.2. The molecule has 8 nitrogen and oxygen atoms in total. The van der Waals surface area contributed by atoms with Crippen molar-refractivity contribution in [1.82, 2.24) is 9.47 Å². The molecule has 0 fully saturated rings. The maximum atomic E-state index is 12.0. The molecule has 114 valence electrons. The van der Waals surface area contributed by atoms with Crippen molar-refractivity contribution in [2.75, 3.05) is 18.5 Å². The fourth-order valence-electron chi connectivity index (χ4n) is 2.27. The Labute approximate surface area is 124 Å². The van der Waals surface area contributed by atoms with Gasteiger partial charge in [0.05, 0.1) is 18.7 Å².